The molecule has 0 aromatic heterocycles. The largest absolute Gasteiger partial charge is 0.465 e. The van der Waals surface area contributed by atoms with Crippen molar-refractivity contribution in [2.75, 3.05) is 6.61 Å². The van der Waals surface area contributed by atoms with Gasteiger partial charge in [-0.25, -0.2) is 0 Å². The highest BCUT2D eigenvalue weighted by Crippen LogP contribution is 2.42. The molecule has 1 fully saturated rings. The third-order valence-corrected chi connectivity index (χ3v) is 5.12. The number of ether oxygens (including phenoxy) is 1. The summed E-state index contributed by atoms with van der Waals surface area (Å²) >= 11 is 0. The minimum atomic E-state index is 0.0313. The van der Waals surface area contributed by atoms with E-state index in [2.05, 4.69) is 20.8 Å². The summed E-state index contributed by atoms with van der Waals surface area (Å²) in [5.74, 6) is 2.38. The van der Waals surface area contributed by atoms with Gasteiger partial charge in [0.2, 0.25) is 0 Å². The number of esters is 1. The second kappa shape index (κ2) is 12.8. The molecule has 23 heavy (non-hydrogen) atoms. The normalized spacial score (nSPS) is 20.0. The fourth-order valence-electron chi connectivity index (χ4n) is 3.33. The van der Waals surface area contributed by atoms with E-state index >= 15 is 0 Å². The van der Waals surface area contributed by atoms with E-state index in [0.29, 0.717) is 18.9 Å². The maximum absolute atomic E-state index is 11.7. The van der Waals surface area contributed by atoms with Crippen molar-refractivity contribution in [2.24, 2.45) is 17.8 Å². The van der Waals surface area contributed by atoms with Crippen molar-refractivity contribution >= 4 is 5.97 Å². The summed E-state index contributed by atoms with van der Waals surface area (Å²) < 4.78 is 5.44. The van der Waals surface area contributed by atoms with Gasteiger partial charge in [-0.15, -0.1) is 0 Å². The summed E-state index contributed by atoms with van der Waals surface area (Å²) in [7, 11) is 0. The quantitative estimate of drug-likeness (QED) is 0.253. The van der Waals surface area contributed by atoms with Gasteiger partial charge < -0.3 is 4.74 Å². The molecule has 2 atom stereocenters. The highest BCUT2D eigenvalue weighted by molar-refractivity contribution is 5.69. The molecule has 1 saturated carbocycles. The molecule has 0 saturated heterocycles. The van der Waals surface area contributed by atoms with Crippen LogP contribution in [0.5, 0.6) is 0 Å². The molecule has 0 heterocycles. The van der Waals surface area contributed by atoms with Crippen molar-refractivity contribution in [3.05, 3.63) is 0 Å². The molecule has 2 nitrogen and oxygen atoms in total. The Bertz CT molecular complexity index is 298. The van der Waals surface area contributed by atoms with Crippen LogP contribution in [0, 0.1) is 17.8 Å². The Labute approximate surface area is 144 Å². The first-order valence-corrected chi connectivity index (χ1v) is 10.3. The maximum Gasteiger partial charge on any atom is 0.305 e. The summed E-state index contributed by atoms with van der Waals surface area (Å²) in [5, 5.41) is 0. The predicted octanol–water partition coefficient (Wildman–Crippen LogP) is 6.52. The van der Waals surface area contributed by atoms with Gasteiger partial charge in [-0.3, -0.25) is 4.79 Å². The van der Waals surface area contributed by atoms with Crippen molar-refractivity contribution < 1.29 is 9.53 Å². The van der Waals surface area contributed by atoms with E-state index in [1.807, 2.05) is 0 Å². The van der Waals surface area contributed by atoms with Crippen LogP contribution < -0.4 is 0 Å². The van der Waals surface area contributed by atoms with E-state index in [1.165, 1.54) is 70.6 Å². The van der Waals surface area contributed by atoms with Crippen LogP contribution in [-0.2, 0) is 9.53 Å². The van der Waals surface area contributed by atoms with E-state index in [9.17, 15) is 4.79 Å². The molecule has 1 aliphatic rings. The Morgan fingerprint density at radius 1 is 0.957 bits per heavy atom. The lowest BCUT2D eigenvalue weighted by atomic mass is 10.0. The molecule has 0 N–H and O–H groups in total. The van der Waals surface area contributed by atoms with Gasteiger partial charge in [-0.2, -0.15) is 0 Å². The first-order valence-electron chi connectivity index (χ1n) is 10.3. The molecule has 0 radical (unpaired) electrons. The fraction of sp³-hybridized carbons (Fsp3) is 0.952. The first kappa shape index (κ1) is 20.5. The SMILES string of the molecule is CCCCCCC1CC1COC(=O)CCCCCCCC(C)C. The average Bonchev–Trinajstić information content (AvgIpc) is 3.27. The fourth-order valence-corrected chi connectivity index (χ4v) is 3.33. The van der Waals surface area contributed by atoms with Crippen LogP contribution in [0.1, 0.15) is 104 Å². The minimum Gasteiger partial charge on any atom is -0.465 e. The first-order chi connectivity index (χ1) is 11.1. The van der Waals surface area contributed by atoms with Crippen LogP contribution in [0.4, 0.5) is 0 Å². The minimum absolute atomic E-state index is 0.0313. The van der Waals surface area contributed by atoms with Crippen LogP contribution in [0.2, 0.25) is 0 Å². The van der Waals surface area contributed by atoms with E-state index in [4.69, 9.17) is 4.74 Å². The second-order valence-corrected chi connectivity index (χ2v) is 7.99. The lowest BCUT2D eigenvalue weighted by Gasteiger charge is -2.06. The number of unbranched alkanes of at least 4 members (excludes halogenated alkanes) is 7. The van der Waals surface area contributed by atoms with E-state index in [1.54, 1.807) is 0 Å². The van der Waals surface area contributed by atoms with Gasteiger partial charge in [0.05, 0.1) is 6.61 Å². The lowest BCUT2D eigenvalue weighted by molar-refractivity contribution is -0.144. The lowest BCUT2D eigenvalue weighted by Crippen LogP contribution is -2.07. The zero-order valence-corrected chi connectivity index (χ0v) is 15.9. The molecule has 1 rings (SSSR count). The monoisotopic (exact) mass is 324 g/mol. The summed E-state index contributed by atoms with van der Waals surface area (Å²) in [6.07, 6.45) is 16.1. The van der Waals surface area contributed by atoms with Gasteiger partial charge >= 0.3 is 5.97 Å². The molecular formula is C21H40O2. The van der Waals surface area contributed by atoms with Crippen LogP contribution >= 0.6 is 0 Å². The molecule has 0 spiro atoms. The third-order valence-electron chi connectivity index (χ3n) is 5.12. The van der Waals surface area contributed by atoms with Gasteiger partial charge in [0, 0.05) is 6.42 Å². The summed E-state index contributed by atoms with van der Waals surface area (Å²) in [6, 6.07) is 0. The predicted molar refractivity (Wildman–Crippen MR) is 98.5 cm³/mol. The highest BCUT2D eigenvalue weighted by Gasteiger charge is 2.36. The third kappa shape index (κ3) is 11.6. The molecule has 1 aliphatic carbocycles. The van der Waals surface area contributed by atoms with Gasteiger partial charge in [0.1, 0.15) is 0 Å². The Morgan fingerprint density at radius 2 is 1.65 bits per heavy atom. The molecule has 0 bridgehead atoms. The van der Waals surface area contributed by atoms with E-state index in [0.717, 1.165) is 18.3 Å². The van der Waals surface area contributed by atoms with Crippen molar-refractivity contribution in [3.63, 3.8) is 0 Å². The Balaban J connectivity index is 1.84. The molecule has 136 valence electrons. The van der Waals surface area contributed by atoms with Gasteiger partial charge in [0.15, 0.2) is 0 Å². The van der Waals surface area contributed by atoms with Crippen molar-refractivity contribution in [3.8, 4) is 0 Å². The smallest absolute Gasteiger partial charge is 0.305 e. The Kier molecular flexibility index (Phi) is 11.5. The van der Waals surface area contributed by atoms with Crippen LogP contribution in [0.15, 0.2) is 0 Å². The van der Waals surface area contributed by atoms with E-state index in [-0.39, 0.29) is 5.97 Å². The highest BCUT2D eigenvalue weighted by atomic mass is 16.5. The van der Waals surface area contributed by atoms with Gasteiger partial charge in [-0.1, -0.05) is 85.0 Å². The van der Waals surface area contributed by atoms with Gasteiger partial charge in [0.25, 0.3) is 0 Å². The van der Waals surface area contributed by atoms with Crippen LogP contribution in [0.3, 0.4) is 0 Å². The average molecular weight is 325 g/mol. The molecule has 2 heteroatoms. The number of carbonyl (C=O) groups is 1. The number of hydrogen-bond donors (Lipinski definition) is 0. The van der Waals surface area contributed by atoms with E-state index < -0.39 is 0 Å². The van der Waals surface area contributed by atoms with Gasteiger partial charge in [-0.05, 0) is 30.6 Å². The summed E-state index contributed by atoms with van der Waals surface area (Å²) in [5.41, 5.74) is 0. The zero-order valence-electron chi connectivity index (χ0n) is 15.9. The summed E-state index contributed by atoms with van der Waals surface area (Å²) in [6.45, 7) is 7.51. The number of hydrogen-bond acceptors (Lipinski definition) is 2. The van der Waals surface area contributed by atoms with Crippen molar-refractivity contribution in [1.29, 1.82) is 0 Å². The van der Waals surface area contributed by atoms with Crippen LogP contribution in [-0.4, -0.2) is 12.6 Å². The Morgan fingerprint density at radius 3 is 2.39 bits per heavy atom. The zero-order chi connectivity index (χ0) is 16.9. The molecule has 0 amide bonds. The number of carbonyl (C=O) groups excluding carboxylic acids is 1. The molecule has 0 aromatic rings. The van der Waals surface area contributed by atoms with Crippen molar-refractivity contribution in [1.82, 2.24) is 0 Å². The molecule has 0 aromatic carbocycles. The molecule has 2 unspecified atom stereocenters. The standard InChI is InChI=1S/C21H40O2/c1-4-5-6-11-14-19-16-20(19)17-23-21(22)15-12-9-7-8-10-13-18(2)3/h18-20H,4-17H2,1-3H3. The number of rotatable bonds is 15. The summed E-state index contributed by atoms with van der Waals surface area (Å²) in [4.78, 5) is 11.7. The topological polar surface area (TPSA) is 26.3 Å². The molecule has 0 aliphatic heterocycles. The molecular weight excluding hydrogens is 284 g/mol. The second-order valence-electron chi connectivity index (χ2n) is 7.99. The maximum atomic E-state index is 11.7. The Hall–Kier alpha value is -0.530. The van der Waals surface area contributed by atoms with Crippen molar-refractivity contribution in [2.45, 2.75) is 104 Å². The van der Waals surface area contributed by atoms with Crippen LogP contribution in [0.25, 0.3) is 0 Å².